The predicted octanol–water partition coefficient (Wildman–Crippen LogP) is 3.83. The fourth-order valence-electron chi connectivity index (χ4n) is 3.49. The number of hydrogen-bond acceptors (Lipinski definition) is 6. The van der Waals surface area contributed by atoms with Crippen LogP contribution in [-0.4, -0.2) is 56.3 Å². The van der Waals surface area contributed by atoms with E-state index in [-0.39, 0.29) is 28.9 Å². The van der Waals surface area contributed by atoms with Crippen LogP contribution < -0.4 is 5.32 Å². The molecule has 1 aliphatic heterocycles. The van der Waals surface area contributed by atoms with Gasteiger partial charge in [-0.2, -0.15) is 0 Å². The van der Waals surface area contributed by atoms with Crippen LogP contribution in [0.1, 0.15) is 22.8 Å². The summed E-state index contributed by atoms with van der Waals surface area (Å²) in [6, 6.07) is 15.1. The van der Waals surface area contributed by atoms with Crippen LogP contribution in [0.3, 0.4) is 0 Å². The van der Waals surface area contributed by atoms with Gasteiger partial charge in [-0.05, 0) is 30.2 Å². The summed E-state index contributed by atoms with van der Waals surface area (Å²) in [7, 11) is 0. The SMILES string of the molecule is CC(NC(=O)Cc1ccc(Cl)cc1)C1SCC(CSC(=O)c2ccccc2)=C(C(=O)O)N1C=O. The lowest BCUT2D eigenvalue weighted by molar-refractivity contribution is -0.137. The van der Waals surface area contributed by atoms with E-state index in [9.17, 15) is 24.3 Å². The number of nitrogens with zero attached hydrogens (tertiary/aromatic N) is 1. The van der Waals surface area contributed by atoms with E-state index in [1.807, 2.05) is 6.07 Å². The molecule has 0 bridgehead atoms. The normalized spacial score (nSPS) is 16.6. The molecular weight excluding hydrogens is 496 g/mol. The van der Waals surface area contributed by atoms with E-state index < -0.39 is 17.4 Å². The monoisotopic (exact) mass is 518 g/mol. The van der Waals surface area contributed by atoms with Gasteiger partial charge in [0.05, 0.1) is 12.5 Å². The Morgan fingerprint density at radius 3 is 2.50 bits per heavy atom. The number of carbonyl (C=O) groups excluding carboxylic acids is 3. The second-order valence-electron chi connectivity index (χ2n) is 7.57. The minimum absolute atomic E-state index is 0.130. The molecule has 0 saturated heterocycles. The highest BCUT2D eigenvalue weighted by Crippen LogP contribution is 2.34. The molecule has 0 aliphatic carbocycles. The second kappa shape index (κ2) is 12.1. The molecule has 178 valence electrons. The number of carbonyl (C=O) groups is 4. The Hall–Kier alpha value is -2.75. The number of aliphatic carboxylic acids is 1. The zero-order valence-electron chi connectivity index (χ0n) is 18.3. The van der Waals surface area contributed by atoms with Crippen molar-refractivity contribution in [1.29, 1.82) is 0 Å². The molecular formula is C24H23ClN2O5S2. The van der Waals surface area contributed by atoms with Crippen LogP contribution in [0, 0.1) is 0 Å². The van der Waals surface area contributed by atoms with Crippen molar-refractivity contribution >= 4 is 58.5 Å². The zero-order chi connectivity index (χ0) is 24.7. The van der Waals surface area contributed by atoms with E-state index in [4.69, 9.17) is 11.6 Å². The maximum absolute atomic E-state index is 12.5. The van der Waals surface area contributed by atoms with Crippen molar-refractivity contribution in [2.75, 3.05) is 11.5 Å². The van der Waals surface area contributed by atoms with Gasteiger partial charge in [-0.25, -0.2) is 4.79 Å². The number of carboxylic acids is 1. The second-order valence-corrected chi connectivity index (χ2v) is 10.1. The summed E-state index contributed by atoms with van der Waals surface area (Å²) in [5.74, 6) is -1.03. The van der Waals surface area contributed by atoms with Crippen molar-refractivity contribution < 1.29 is 24.3 Å². The minimum atomic E-state index is -1.25. The van der Waals surface area contributed by atoms with E-state index in [2.05, 4.69) is 5.32 Å². The largest absolute Gasteiger partial charge is 0.477 e. The van der Waals surface area contributed by atoms with E-state index in [0.717, 1.165) is 22.2 Å². The average molecular weight is 519 g/mol. The zero-order valence-corrected chi connectivity index (χ0v) is 20.7. The maximum Gasteiger partial charge on any atom is 0.352 e. The van der Waals surface area contributed by atoms with Gasteiger partial charge >= 0.3 is 5.97 Å². The Morgan fingerprint density at radius 2 is 1.88 bits per heavy atom. The fraction of sp³-hybridized carbons (Fsp3) is 0.250. The minimum Gasteiger partial charge on any atom is -0.477 e. The van der Waals surface area contributed by atoms with Gasteiger partial charge in [-0.3, -0.25) is 19.3 Å². The number of nitrogens with one attached hydrogen (secondary N) is 1. The van der Waals surface area contributed by atoms with Crippen LogP contribution in [-0.2, 0) is 20.8 Å². The molecule has 34 heavy (non-hydrogen) atoms. The Morgan fingerprint density at radius 1 is 1.21 bits per heavy atom. The smallest absolute Gasteiger partial charge is 0.352 e. The van der Waals surface area contributed by atoms with Crippen molar-refractivity contribution in [3.8, 4) is 0 Å². The van der Waals surface area contributed by atoms with Crippen LogP contribution in [0.2, 0.25) is 5.02 Å². The van der Waals surface area contributed by atoms with Crippen molar-refractivity contribution in [3.63, 3.8) is 0 Å². The molecule has 2 unspecified atom stereocenters. The number of amides is 2. The van der Waals surface area contributed by atoms with Gasteiger partial charge < -0.3 is 10.4 Å². The third-order valence-corrected chi connectivity index (χ3v) is 7.83. The number of halogens is 1. The first-order valence-corrected chi connectivity index (χ1v) is 12.8. The quantitative estimate of drug-likeness (QED) is 0.486. The van der Waals surface area contributed by atoms with Gasteiger partial charge in [0.1, 0.15) is 11.1 Å². The average Bonchev–Trinajstić information content (AvgIpc) is 2.83. The molecule has 2 aromatic carbocycles. The molecule has 0 fully saturated rings. The van der Waals surface area contributed by atoms with Gasteiger partial charge in [0.2, 0.25) is 17.4 Å². The number of rotatable bonds is 9. The molecule has 0 spiro atoms. The van der Waals surface area contributed by atoms with E-state index in [1.54, 1.807) is 55.5 Å². The summed E-state index contributed by atoms with van der Waals surface area (Å²) in [6.07, 6.45) is 0.594. The van der Waals surface area contributed by atoms with Gasteiger partial charge in [-0.15, -0.1) is 11.8 Å². The first kappa shape index (κ1) is 25.9. The van der Waals surface area contributed by atoms with Crippen LogP contribution in [0.5, 0.6) is 0 Å². The highest BCUT2D eigenvalue weighted by atomic mass is 35.5. The molecule has 0 radical (unpaired) electrons. The van der Waals surface area contributed by atoms with Gasteiger partial charge in [-0.1, -0.05) is 65.8 Å². The van der Waals surface area contributed by atoms with E-state index in [0.29, 0.717) is 28.3 Å². The maximum atomic E-state index is 12.5. The highest BCUT2D eigenvalue weighted by Gasteiger charge is 2.36. The molecule has 0 saturated carbocycles. The summed E-state index contributed by atoms with van der Waals surface area (Å²) < 4.78 is 0. The molecule has 2 amide bonds. The molecule has 1 aliphatic rings. The summed E-state index contributed by atoms with van der Waals surface area (Å²) in [4.78, 5) is 50.0. The Bertz CT molecular complexity index is 1090. The van der Waals surface area contributed by atoms with Crippen molar-refractivity contribution in [2.24, 2.45) is 0 Å². The van der Waals surface area contributed by atoms with Crippen molar-refractivity contribution in [2.45, 2.75) is 24.8 Å². The van der Waals surface area contributed by atoms with Gasteiger partial charge in [0.15, 0.2) is 0 Å². The molecule has 2 N–H and O–H groups in total. The molecule has 2 aromatic rings. The summed E-state index contributed by atoms with van der Waals surface area (Å²) in [5, 5.41) is 12.5. The van der Waals surface area contributed by atoms with Gasteiger partial charge in [0, 0.05) is 22.1 Å². The predicted molar refractivity (Wildman–Crippen MR) is 135 cm³/mol. The standard InChI is InChI=1S/C24H23ClN2O5S2/c1-15(26-20(29)11-16-7-9-19(25)10-8-16)22-27(14-28)21(23(30)31)18(12-33-22)13-34-24(32)17-5-3-2-4-6-17/h2-10,14-15,22H,11-13H2,1H3,(H,26,29)(H,30,31). The molecule has 7 nitrogen and oxygen atoms in total. The molecule has 2 atom stereocenters. The topological polar surface area (TPSA) is 104 Å². The number of carboxylic acid groups (broad SMARTS) is 1. The van der Waals surface area contributed by atoms with E-state index in [1.165, 1.54) is 11.8 Å². The van der Waals surface area contributed by atoms with E-state index >= 15 is 0 Å². The van der Waals surface area contributed by atoms with Crippen LogP contribution in [0.25, 0.3) is 0 Å². The van der Waals surface area contributed by atoms with Crippen molar-refractivity contribution in [1.82, 2.24) is 10.2 Å². The number of thioether (sulfide) groups is 2. The lowest BCUT2D eigenvalue weighted by Gasteiger charge is -2.37. The summed E-state index contributed by atoms with van der Waals surface area (Å²) in [6.45, 7) is 1.73. The lowest BCUT2D eigenvalue weighted by Crippen LogP contribution is -2.51. The first-order chi connectivity index (χ1) is 16.3. The molecule has 3 rings (SSSR count). The third-order valence-electron chi connectivity index (χ3n) is 5.09. The Labute approximate surface area is 210 Å². The Balaban J connectivity index is 1.69. The highest BCUT2D eigenvalue weighted by molar-refractivity contribution is 8.14. The first-order valence-electron chi connectivity index (χ1n) is 10.4. The van der Waals surface area contributed by atoms with Crippen LogP contribution in [0.15, 0.2) is 65.9 Å². The fourth-order valence-corrected chi connectivity index (χ4v) is 5.87. The van der Waals surface area contributed by atoms with Gasteiger partial charge in [0.25, 0.3) is 0 Å². The Kier molecular flexibility index (Phi) is 9.20. The third kappa shape index (κ3) is 6.65. The number of benzene rings is 2. The molecule has 1 heterocycles. The molecule has 0 aromatic heterocycles. The summed E-state index contributed by atoms with van der Waals surface area (Å²) in [5.41, 5.74) is 1.64. The molecule has 10 heteroatoms. The van der Waals surface area contributed by atoms with Crippen LogP contribution >= 0.6 is 35.1 Å². The summed E-state index contributed by atoms with van der Waals surface area (Å²) >= 11 is 8.22. The lowest BCUT2D eigenvalue weighted by atomic mass is 10.1. The number of hydrogen-bond donors (Lipinski definition) is 2. The van der Waals surface area contributed by atoms with Crippen LogP contribution in [0.4, 0.5) is 0 Å². The van der Waals surface area contributed by atoms with Crippen molar-refractivity contribution in [3.05, 3.63) is 82.0 Å².